The molecule has 8 heteroatoms. The van der Waals surface area contributed by atoms with E-state index in [0.29, 0.717) is 24.0 Å². The van der Waals surface area contributed by atoms with Gasteiger partial charge in [0.2, 0.25) is 0 Å². The molecule has 5 nitrogen and oxygen atoms in total. The van der Waals surface area contributed by atoms with E-state index in [1.54, 1.807) is 6.07 Å². The van der Waals surface area contributed by atoms with Crippen molar-refractivity contribution >= 4 is 33.0 Å². The molecule has 1 N–H and O–H groups in total. The lowest BCUT2D eigenvalue weighted by Crippen LogP contribution is -2.52. The zero-order valence-electron chi connectivity index (χ0n) is 8.76. The molecule has 1 aromatic heterocycles. The van der Waals surface area contributed by atoms with Gasteiger partial charge in [-0.05, 0) is 12.1 Å². The summed E-state index contributed by atoms with van der Waals surface area (Å²) in [5.41, 5.74) is 0. The first-order valence-electron chi connectivity index (χ1n) is 4.93. The normalized spacial score (nSPS) is 22.2. The van der Waals surface area contributed by atoms with Gasteiger partial charge >= 0.3 is 0 Å². The molecule has 1 aliphatic heterocycles. The van der Waals surface area contributed by atoms with E-state index in [0.717, 1.165) is 11.3 Å². The van der Waals surface area contributed by atoms with Gasteiger partial charge in [0.25, 0.3) is 10.0 Å². The van der Waals surface area contributed by atoms with Crippen LogP contribution >= 0.6 is 22.9 Å². The number of halogens is 1. The molecule has 2 heterocycles. The van der Waals surface area contributed by atoms with Crippen LogP contribution in [-0.4, -0.2) is 38.4 Å². The van der Waals surface area contributed by atoms with Crippen LogP contribution in [0.4, 0.5) is 0 Å². The Labute approximate surface area is 109 Å². The largest absolute Gasteiger partial charge is 0.313 e. The Hall–Kier alpha value is -0.650. The zero-order chi connectivity index (χ0) is 12.5. The molecule has 1 saturated heterocycles. The number of nitrogens with one attached hydrogen (secondary N) is 1. The van der Waals surface area contributed by atoms with Gasteiger partial charge in [-0.3, -0.25) is 0 Å². The number of piperazine rings is 1. The average molecular weight is 292 g/mol. The topological polar surface area (TPSA) is 73.2 Å². The smallest absolute Gasteiger partial charge is 0.253 e. The van der Waals surface area contributed by atoms with E-state index < -0.39 is 16.1 Å². The van der Waals surface area contributed by atoms with Crippen LogP contribution < -0.4 is 5.32 Å². The first-order chi connectivity index (χ1) is 8.05. The molecule has 0 amide bonds. The first-order valence-corrected chi connectivity index (χ1v) is 7.56. The lowest BCUT2D eigenvalue weighted by Gasteiger charge is -2.30. The molecule has 2 rings (SSSR count). The van der Waals surface area contributed by atoms with Gasteiger partial charge in [-0.1, -0.05) is 11.6 Å². The predicted molar refractivity (Wildman–Crippen MR) is 65.5 cm³/mol. The summed E-state index contributed by atoms with van der Waals surface area (Å²) in [6.07, 6.45) is 0. The second-order valence-electron chi connectivity index (χ2n) is 3.52. The van der Waals surface area contributed by atoms with Gasteiger partial charge in [-0.2, -0.15) is 9.57 Å². The average Bonchev–Trinajstić information content (AvgIpc) is 2.76. The minimum Gasteiger partial charge on any atom is -0.313 e. The molecule has 92 valence electrons. The molecular weight excluding hydrogens is 282 g/mol. The highest BCUT2D eigenvalue weighted by Gasteiger charge is 2.34. The van der Waals surface area contributed by atoms with Gasteiger partial charge in [-0.25, -0.2) is 8.42 Å². The van der Waals surface area contributed by atoms with Gasteiger partial charge < -0.3 is 5.32 Å². The van der Waals surface area contributed by atoms with E-state index in [9.17, 15) is 8.42 Å². The van der Waals surface area contributed by atoms with E-state index in [4.69, 9.17) is 16.9 Å². The van der Waals surface area contributed by atoms with Crippen LogP contribution in [0.25, 0.3) is 0 Å². The summed E-state index contributed by atoms with van der Waals surface area (Å²) in [4.78, 5) is 0. The fourth-order valence-corrected chi connectivity index (χ4v) is 4.79. The van der Waals surface area contributed by atoms with Crippen LogP contribution in [0.15, 0.2) is 16.3 Å². The number of nitrogens with zero attached hydrogens (tertiary/aromatic N) is 2. The van der Waals surface area contributed by atoms with Crippen molar-refractivity contribution in [3.8, 4) is 6.07 Å². The van der Waals surface area contributed by atoms with Crippen molar-refractivity contribution in [2.75, 3.05) is 19.6 Å². The Balaban J connectivity index is 2.35. The second-order valence-corrected chi connectivity index (χ2v) is 7.36. The Morgan fingerprint density at radius 2 is 2.35 bits per heavy atom. The van der Waals surface area contributed by atoms with Crippen molar-refractivity contribution < 1.29 is 8.42 Å². The Morgan fingerprint density at radius 1 is 1.59 bits per heavy atom. The summed E-state index contributed by atoms with van der Waals surface area (Å²) in [5.74, 6) is 0. The molecule has 0 aliphatic carbocycles. The predicted octanol–water partition coefficient (Wildman–Crippen LogP) is 0.888. The summed E-state index contributed by atoms with van der Waals surface area (Å²) < 4.78 is 26.4. The summed E-state index contributed by atoms with van der Waals surface area (Å²) in [7, 11) is -3.60. The van der Waals surface area contributed by atoms with Gasteiger partial charge in [-0.15, -0.1) is 11.3 Å². The molecule has 1 aliphatic rings. The number of thiophene rings is 1. The Bertz CT molecular complexity index is 549. The first kappa shape index (κ1) is 12.8. The van der Waals surface area contributed by atoms with Gasteiger partial charge in [0, 0.05) is 19.6 Å². The number of rotatable bonds is 2. The fraction of sp³-hybridized carbons (Fsp3) is 0.444. The van der Waals surface area contributed by atoms with Gasteiger partial charge in [0.05, 0.1) is 10.4 Å². The van der Waals surface area contributed by atoms with E-state index in [1.807, 2.05) is 6.07 Å². The highest BCUT2D eigenvalue weighted by molar-refractivity contribution is 7.91. The highest BCUT2D eigenvalue weighted by atomic mass is 35.5. The number of hydrogen-bond donors (Lipinski definition) is 1. The number of hydrogen-bond acceptors (Lipinski definition) is 5. The van der Waals surface area contributed by atoms with E-state index in [1.165, 1.54) is 10.4 Å². The van der Waals surface area contributed by atoms with Crippen LogP contribution in [0.3, 0.4) is 0 Å². The van der Waals surface area contributed by atoms with Gasteiger partial charge in [0.15, 0.2) is 0 Å². The molecule has 0 bridgehead atoms. The van der Waals surface area contributed by atoms with Crippen LogP contribution in [-0.2, 0) is 10.0 Å². The Kier molecular flexibility index (Phi) is 3.70. The quantitative estimate of drug-likeness (QED) is 0.878. The Morgan fingerprint density at radius 3 is 2.94 bits per heavy atom. The lowest BCUT2D eigenvalue weighted by atomic mass is 10.3. The standard InChI is InChI=1S/C9H10ClN3O2S2/c10-8-1-2-9(16-8)17(14,15)13-4-3-12-6-7(13)5-11/h1-2,7,12H,3-4,6H2. The van der Waals surface area contributed by atoms with Crippen molar-refractivity contribution in [3.05, 3.63) is 16.5 Å². The monoisotopic (exact) mass is 291 g/mol. The molecular formula is C9H10ClN3O2S2. The van der Waals surface area contributed by atoms with E-state index >= 15 is 0 Å². The minimum atomic E-state index is -3.60. The zero-order valence-corrected chi connectivity index (χ0v) is 11.1. The van der Waals surface area contributed by atoms with Crippen molar-refractivity contribution in [3.63, 3.8) is 0 Å². The SMILES string of the molecule is N#CC1CNCCN1S(=O)(=O)c1ccc(Cl)s1. The third-order valence-electron chi connectivity index (χ3n) is 2.45. The lowest BCUT2D eigenvalue weighted by molar-refractivity contribution is 0.312. The van der Waals surface area contributed by atoms with Crippen LogP contribution in [0.5, 0.6) is 0 Å². The summed E-state index contributed by atoms with van der Waals surface area (Å²) in [6.45, 7) is 1.21. The highest BCUT2D eigenvalue weighted by Crippen LogP contribution is 2.29. The molecule has 1 fully saturated rings. The van der Waals surface area contributed by atoms with Gasteiger partial charge in [0.1, 0.15) is 10.3 Å². The molecule has 1 atom stereocenters. The second kappa shape index (κ2) is 4.92. The molecule has 0 radical (unpaired) electrons. The van der Waals surface area contributed by atoms with Crippen LogP contribution in [0.1, 0.15) is 0 Å². The molecule has 0 spiro atoms. The van der Waals surface area contributed by atoms with Crippen LogP contribution in [0.2, 0.25) is 4.34 Å². The van der Waals surface area contributed by atoms with Crippen molar-refractivity contribution in [1.29, 1.82) is 5.26 Å². The number of nitriles is 1. The van der Waals surface area contributed by atoms with Crippen molar-refractivity contribution in [2.24, 2.45) is 0 Å². The van der Waals surface area contributed by atoms with Crippen molar-refractivity contribution in [1.82, 2.24) is 9.62 Å². The minimum absolute atomic E-state index is 0.185. The van der Waals surface area contributed by atoms with Crippen LogP contribution in [0, 0.1) is 11.3 Å². The summed E-state index contributed by atoms with van der Waals surface area (Å²) >= 11 is 6.74. The van der Waals surface area contributed by atoms with Crippen molar-refractivity contribution in [2.45, 2.75) is 10.3 Å². The molecule has 1 aromatic rings. The van der Waals surface area contributed by atoms with E-state index in [2.05, 4.69) is 5.32 Å². The third kappa shape index (κ3) is 2.46. The maximum atomic E-state index is 12.3. The molecule has 1 unspecified atom stereocenters. The summed E-state index contributed by atoms with van der Waals surface area (Å²) in [6, 6.07) is 4.35. The molecule has 0 aromatic carbocycles. The molecule has 0 saturated carbocycles. The maximum absolute atomic E-state index is 12.3. The third-order valence-corrected chi connectivity index (χ3v) is 6.06. The number of sulfonamides is 1. The summed E-state index contributed by atoms with van der Waals surface area (Å²) in [5, 5.41) is 12.0. The fourth-order valence-electron chi connectivity index (χ4n) is 1.64. The maximum Gasteiger partial charge on any atom is 0.253 e. The molecule has 17 heavy (non-hydrogen) atoms. The van der Waals surface area contributed by atoms with E-state index in [-0.39, 0.29) is 4.21 Å².